The zero-order chi connectivity index (χ0) is 16.3. The molecular formula is C17H19FN3S+. The molecule has 0 bridgehead atoms. The maximum Gasteiger partial charge on any atom is 0.157 e. The third-order valence-corrected chi connectivity index (χ3v) is 4.09. The van der Waals surface area contributed by atoms with Crippen LogP contribution >= 0.6 is 12.2 Å². The quantitative estimate of drug-likeness (QED) is 0.879. The van der Waals surface area contributed by atoms with Crippen molar-refractivity contribution < 1.29 is 9.29 Å². The van der Waals surface area contributed by atoms with E-state index in [2.05, 4.69) is 13.1 Å². The molecule has 2 rings (SSSR count). The number of nitriles is 1. The lowest BCUT2D eigenvalue weighted by molar-refractivity contribution is -0.917. The largest absolute Gasteiger partial charge is 0.316 e. The SMILES string of the molecule is Cc1cc(C)n(C[NH+](C)Cc2ccc(F)cc2)c(=S)c1C#N. The molecule has 1 heterocycles. The molecule has 1 unspecified atom stereocenters. The Hall–Kier alpha value is -2.03. The average Bonchev–Trinajstić information content (AvgIpc) is 2.46. The number of aryl methyl sites for hydroxylation is 2. The van der Waals surface area contributed by atoms with Crippen molar-refractivity contribution in [3.8, 4) is 6.07 Å². The number of halogens is 1. The van der Waals surface area contributed by atoms with Crippen LogP contribution in [0.3, 0.4) is 0 Å². The monoisotopic (exact) mass is 316 g/mol. The van der Waals surface area contributed by atoms with Crippen LogP contribution < -0.4 is 4.90 Å². The van der Waals surface area contributed by atoms with Gasteiger partial charge in [-0.15, -0.1) is 0 Å². The molecule has 2 aromatic rings. The molecule has 0 aliphatic rings. The van der Waals surface area contributed by atoms with Gasteiger partial charge in [0.05, 0.1) is 12.6 Å². The van der Waals surface area contributed by atoms with Crippen LogP contribution in [0.25, 0.3) is 0 Å². The first kappa shape index (κ1) is 16.3. The summed E-state index contributed by atoms with van der Waals surface area (Å²) in [6.07, 6.45) is 0. The summed E-state index contributed by atoms with van der Waals surface area (Å²) in [5.41, 5.74) is 3.59. The molecule has 1 aromatic heterocycles. The number of pyridine rings is 1. The van der Waals surface area contributed by atoms with Gasteiger partial charge in [-0.3, -0.25) is 4.57 Å². The lowest BCUT2D eigenvalue weighted by Crippen LogP contribution is -3.07. The maximum atomic E-state index is 12.9. The molecule has 5 heteroatoms. The standard InChI is InChI=1S/C17H18FN3S/c1-12-8-13(2)21(17(22)16(12)9-19)11-20(3)10-14-4-6-15(18)7-5-14/h4-8H,10-11H2,1-3H3/p+1. The Kier molecular flexibility index (Phi) is 5.07. The molecule has 0 saturated carbocycles. The third kappa shape index (κ3) is 3.59. The minimum Gasteiger partial charge on any atom is -0.316 e. The highest BCUT2D eigenvalue weighted by Crippen LogP contribution is 2.12. The Balaban J connectivity index is 2.22. The van der Waals surface area contributed by atoms with Crippen molar-refractivity contribution in [2.45, 2.75) is 27.1 Å². The van der Waals surface area contributed by atoms with E-state index in [0.29, 0.717) is 16.9 Å². The summed E-state index contributed by atoms with van der Waals surface area (Å²) >= 11 is 5.44. The van der Waals surface area contributed by atoms with E-state index in [-0.39, 0.29) is 5.82 Å². The first-order chi connectivity index (χ1) is 10.4. The number of benzene rings is 1. The predicted octanol–water partition coefficient (Wildman–Crippen LogP) is 2.52. The highest BCUT2D eigenvalue weighted by molar-refractivity contribution is 7.71. The van der Waals surface area contributed by atoms with Crippen LogP contribution in [0.15, 0.2) is 30.3 Å². The molecule has 1 aromatic carbocycles. The van der Waals surface area contributed by atoms with E-state index < -0.39 is 0 Å². The Morgan fingerprint density at radius 2 is 1.91 bits per heavy atom. The van der Waals surface area contributed by atoms with E-state index in [1.165, 1.54) is 17.0 Å². The third-order valence-electron chi connectivity index (χ3n) is 3.66. The van der Waals surface area contributed by atoms with Crippen LogP contribution in [0, 0.1) is 35.6 Å². The summed E-state index contributed by atoms with van der Waals surface area (Å²) < 4.78 is 15.5. The predicted molar refractivity (Wildman–Crippen MR) is 86.4 cm³/mol. The molecule has 0 aliphatic carbocycles. The summed E-state index contributed by atoms with van der Waals surface area (Å²) in [6.45, 7) is 5.32. The van der Waals surface area contributed by atoms with Crippen molar-refractivity contribution in [2.75, 3.05) is 7.05 Å². The average molecular weight is 316 g/mol. The zero-order valence-corrected chi connectivity index (χ0v) is 13.8. The zero-order valence-electron chi connectivity index (χ0n) is 13.0. The van der Waals surface area contributed by atoms with Gasteiger partial charge in [0.2, 0.25) is 0 Å². The van der Waals surface area contributed by atoms with Gasteiger partial charge in [-0.1, -0.05) is 24.4 Å². The van der Waals surface area contributed by atoms with Crippen molar-refractivity contribution in [3.63, 3.8) is 0 Å². The summed E-state index contributed by atoms with van der Waals surface area (Å²) in [6, 6.07) is 10.7. The summed E-state index contributed by atoms with van der Waals surface area (Å²) in [7, 11) is 2.05. The van der Waals surface area contributed by atoms with Gasteiger partial charge >= 0.3 is 0 Å². The van der Waals surface area contributed by atoms with E-state index in [4.69, 9.17) is 12.2 Å². The van der Waals surface area contributed by atoms with Gasteiger partial charge in [-0.25, -0.2) is 4.39 Å². The van der Waals surface area contributed by atoms with Gasteiger partial charge in [-0.2, -0.15) is 5.26 Å². The second-order valence-corrected chi connectivity index (χ2v) is 5.99. The van der Waals surface area contributed by atoms with Gasteiger partial charge in [0.25, 0.3) is 0 Å². The number of hydrogen-bond acceptors (Lipinski definition) is 2. The minimum atomic E-state index is -0.225. The fourth-order valence-electron chi connectivity index (χ4n) is 2.54. The molecule has 0 saturated heterocycles. The lowest BCUT2D eigenvalue weighted by Gasteiger charge is -2.19. The van der Waals surface area contributed by atoms with Crippen LogP contribution in [0.2, 0.25) is 0 Å². The van der Waals surface area contributed by atoms with Crippen LogP contribution in [0.5, 0.6) is 0 Å². The number of quaternary nitrogens is 1. The van der Waals surface area contributed by atoms with Gasteiger partial charge in [0, 0.05) is 11.3 Å². The molecule has 0 spiro atoms. The lowest BCUT2D eigenvalue weighted by atomic mass is 10.1. The molecule has 3 nitrogen and oxygen atoms in total. The fourth-order valence-corrected chi connectivity index (χ4v) is 2.95. The molecular weight excluding hydrogens is 297 g/mol. The van der Waals surface area contributed by atoms with E-state index in [1.807, 2.05) is 24.5 Å². The first-order valence-corrected chi connectivity index (χ1v) is 7.50. The van der Waals surface area contributed by atoms with E-state index >= 15 is 0 Å². The van der Waals surface area contributed by atoms with Crippen LogP contribution in [-0.2, 0) is 13.2 Å². The number of hydrogen-bond donors (Lipinski definition) is 1. The highest BCUT2D eigenvalue weighted by atomic mass is 32.1. The van der Waals surface area contributed by atoms with Crippen molar-refractivity contribution in [2.24, 2.45) is 0 Å². The number of nitrogens with zero attached hydrogens (tertiary/aromatic N) is 2. The van der Waals surface area contributed by atoms with Gasteiger partial charge in [0.15, 0.2) is 6.67 Å². The molecule has 1 atom stereocenters. The van der Waals surface area contributed by atoms with E-state index in [1.54, 1.807) is 12.1 Å². The van der Waals surface area contributed by atoms with Crippen LogP contribution in [-0.4, -0.2) is 11.6 Å². The van der Waals surface area contributed by atoms with Crippen LogP contribution in [0.4, 0.5) is 4.39 Å². The number of rotatable bonds is 4. The summed E-state index contributed by atoms with van der Waals surface area (Å²) in [5.74, 6) is -0.225. The number of aromatic nitrogens is 1. The van der Waals surface area contributed by atoms with E-state index in [0.717, 1.165) is 23.4 Å². The Labute approximate surface area is 135 Å². The topological polar surface area (TPSA) is 33.2 Å². The Morgan fingerprint density at radius 3 is 2.50 bits per heavy atom. The summed E-state index contributed by atoms with van der Waals surface area (Å²) in [4.78, 5) is 1.21. The smallest absolute Gasteiger partial charge is 0.157 e. The van der Waals surface area contributed by atoms with Crippen molar-refractivity contribution in [1.29, 1.82) is 5.26 Å². The second kappa shape index (κ2) is 6.82. The van der Waals surface area contributed by atoms with Crippen molar-refractivity contribution in [1.82, 2.24) is 4.57 Å². The molecule has 114 valence electrons. The first-order valence-electron chi connectivity index (χ1n) is 7.09. The molecule has 0 amide bonds. The van der Waals surface area contributed by atoms with Crippen LogP contribution in [0.1, 0.15) is 22.4 Å². The van der Waals surface area contributed by atoms with Crippen molar-refractivity contribution >= 4 is 12.2 Å². The minimum absolute atomic E-state index is 0.225. The molecule has 22 heavy (non-hydrogen) atoms. The fraction of sp³-hybridized carbons (Fsp3) is 0.294. The Morgan fingerprint density at radius 1 is 1.27 bits per heavy atom. The molecule has 0 aliphatic heterocycles. The molecule has 0 radical (unpaired) electrons. The van der Waals surface area contributed by atoms with Gasteiger partial charge < -0.3 is 4.90 Å². The normalized spacial score (nSPS) is 12.0. The maximum absolute atomic E-state index is 12.9. The second-order valence-electron chi connectivity index (χ2n) is 5.61. The van der Waals surface area contributed by atoms with E-state index in [9.17, 15) is 9.65 Å². The van der Waals surface area contributed by atoms with Gasteiger partial charge in [0.1, 0.15) is 23.1 Å². The molecule has 0 fully saturated rings. The van der Waals surface area contributed by atoms with Crippen molar-refractivity contribution in [3.05, 3.63) is 63.2 Å². The highest BCUT2D eigenvalue weighted by Gasteiger charge is 2.11. The summed E-state index contributed by atoms with van der Waals surface area (Å²) in [5, 5.41) is 9.24. The van der Waals surface area contributed by atoms with Gasteiger partial charge in [-0.05, 0) is 37.6 Å². The Bertz CT molecular complexity index is 772. The molecule has 1 N–H and O–H groups in total. The number of nitrogens with one attached hydrogen (secondary N) is 1.